The van der Waals surface area contributed by atoms with E-state index in [0.717, 1.165) is 12.8 Å². The molecule has 0 atom stereocenters. The molecule has 0 bridgehead atoms. The van der Waals surface area contributed by atoms with Crippen LogP contribution in [0.2, 0.25) is 0 Å². The molecule has 0 aromatic rings. The number of rotatable bonds is 6. The van der Waals surface area contributed by atoms with Gasteiger partial charge in [-0.05, 0) is 25.2 Å². The molecule has 0 aliphatic carbocycles. The second-order valence-electron chi connectivity index (χ2n) is 4.00. The summed E-state index contributed by atoms with van der Waals surface area (Å²) in [5, 5.41) is 8.78. The van der Waals surface area contributed by atoms with Gasteiger partial charge in [0.15, 0.2) is 0 Å². The summed E-state index contributed by atoms with van der Waals surface area (Å²) in [6, 6.07) is 0. The van der Waals surface area contributed by atoms with E-state index in [1.165, 1.54) is 6.08 Å². The Balaban J connectivity index is 3.85. The molecule has 14 heavy (non-hydrogen) atoms. The molecule has 0 heterocycles. The standard InChI is InChI=1S/C11H20O3/c1-4-14-10(13)6-5-7-11(2,3)8-9-12/h5-6,12H,4,7-9H2,1-3H3. The van der Waals surface area contributed by atoms with Crippen molar-refractivity contribution in [3.05, 3.63) is 12.2 Å². The van der Waals surface area contributed by atoms with Crippen molar-refractivity contribution in [3.8, 4) is 0 Å². The molecule has 0 saturated carbocycles. The Morgan fingerprint density at radius 2 is 2.14 bits per heavy atom. The minimum absolute atomic E-state index is 0.0394. The SMILES string of the molecule is CCOC(=O)C=CCC(C)(C)CCO. The molecule has 0 unspecified atom stereocenters. The first kappa shape index (κ1) is 13.2. The molecule has 3 heteroatoms. The van der Waals surface area contributed by atoms with Crippen LogP contribution in [0, 0.1) is 5.41 Å². The largest absolute Gasteiger partial charge is 0.463 e. The van der Waals surface area contributed by atoms with Crippen LogP contribution in [0.15, 0.2) is 12.2 Å². The van der Waals surface area contributed by atoms with Gasteiger partial charge in [0.2, 0.25) is 0 Å². The number of carbonyl (C=O) groups excluding carboxylic acids is 1. The molecule has 0 spiro atoms. The first-order valence-electron chi connectivity index (χ1n) is 4.96. The normalized spacial score (nSPS) is 12.0. The Morgan fingerprint density at radius 3 is 2.64 bits per heavy atom. The minimum atomic E-state index is -0.299. The lowest BCUT2D eigenvalue weighted by molar-refractivity contribution is -0.137. The Labute approximate surface area is 85.8 Å². The number of ether oxygens (including phenoxy) is 1. The summed E-state index contributed by atoms with van der Waals surface area (Å²) >= 11 is 0. The zero-order valence-corrected chi connectivity index (χ0v) is 9.25. The van der Waals surface area contributed by atoms with Crippen molar-refractivity contribution >= 4 is 5.97 Å². The van der Waals surface area contributed by atoms with Gasteiger partial charge in [-0.3, -0.25) is 0 Å². The third-order valence-electron chi connectivity index (χ3n) is 2.00. The van der Waals surface area contributed by atoms with Crippen LogP contribution in [0.1, 0.15) is 33.6 Å². The zero-order chi connectivity index (χ0) is 11.0. The predicted molar refractivity (Wildman–Crippen MR) is 55.9 cm³/mol. The van der Waals surface area contributed by atoms with E-state index in [1.807, 2.05) is 0 Å². The molecular formula is C11H20O3. The molecule has 0 fully saturated rings. The van der Waals surface area contributed by atoms with E-state index >= 15 is 0 Å². The van der Waals surface area contributed by atoms with Crippen LogP contribution >= 0.6 is 0 Å². The summed E-state index contributed by atoms with van der Waals surface area (Å²) in [5.41, 5.74) is 0.0394. The highest BCUT2D eigenvalue weighted by Crippen LogP contribution is 2.24. The van der Waals surface area contributed by atoms with E-state index in [1.54, 1.807) is 13.0 Å². The van der Waals surface area contributed by atoms with E-state index in [2.05, 4.69) is 13.8 Å². The summed E-state index contributed by atoms with van der Waals surface area (Å²) in [6.45, 7) is 6.47. The molecule has 0 aromatic heterocycles. The maximum Gasteiger partial charge on any atom is 0.330 e. The van der Waals surface area contributed by atoms with E-state index in [0.29, 0.717) is 6.61 Å². The van der Waals surface area contributed by atoms with Crippen molar-refractivity contribution in [3.63, 3.8) is 0 Å². The quantitative estimate of drug-likeness (QED) is 0.526. The fourth-order valence-electron chi connectivity index (χ4n) is 1.07. The average Bonchev–Trinajstić information content (AvgIpc) is 2.03. The summed E-state index contributed by atoms with van der Waals surface area (Å²) < 4.78 is 4.74. The van der Waals surface area contributed by atoms with Crippen LogP contribution < -0.4 is 0 Å². The Hall–Kier alpha value is -0.830. The lowest BCUT2D eigenvalue weighted by Gasteiger charge is -2.20. The highest BCUT2D eigenvalue weighted by Gasteiger charge is 2.14. The van der Waals surface area contributed by atoms with Gasteiger partial charge in [0.25, 0.3) is 0 Å². The smallest absolute Gasteiger partial charge is 0.330 e. The van der Waals surface area contributed by atoms with Gasteiger partial charge in [0.1, 0.15) is 0 Å². The molecule has 0 radical (unpaired) electrons. The zero-order valence-electron chi connectivity index (χ0n) is 9.25. The summed E-state index contributed by atoms with van der Waals surface area (Å²) in [7, 11) is 0. The lowest BCUT2D eigenvalue weighted by atomic mass is 9.86. The third-order valence-corrected chi connectivity index (χ3v) is 2.00. The number of esters is 1. The number of hydrogen-bond acceptors (Lipinski definition) is 3. The van der Waals surface area contributed by atoms with E-state index in [-0.39, 0.29) is 18.0 Å². The van der Waals surface area contributed by atoms with E-state index < -0.39 is 0 Å². The van der Waals surface area contributed by atoms with Crippen molar-refractivity contribution in [2.24, 2.45) is 5.41 Å². The highest BCUT2D eigenvalue weighted by atomic mass is 16.5. The average molecular weight is 200 g/mol. The number of carbonyl (C=O) groups is 1. The van der Waals surface area contributed by atoms with Crippen molar-refractivity contribution in [1.29, 1.82) is 0 Å². The Kier molecular flexibility index (Phi) is 6.21. The molecule has 3 nitrogen and oxygen atoms in total. The fraction of sp³-hybridized carbons (Fsp3) is 0.727. The maximum atomic E-state index is 10.9. The van der Waals surface area contributed by atoms with Gasteiger partial charge in [-0.15, -0.1) is 0 Å². The second kappa shape index (κ2) is 6.60. The molecule has 0 aromatic carbocycles. The number of aliphatic hydroxyl groups is 1. The molecule has 0 aliphatic heterocycles. The van der Waals surface area contributed by atoms with Gasteiger partial charge in [-0.2, -0.15) is 0 Å². The number of hydrogen-bond donors (Lipinski definition) is 1. The molecule has 0 amide bonds. The first-order valence-corrected chi connectivity index (χ1v) is 4.96. The first-order chi connectivity index (χ1) is 6.52. The molecule has 0 rings (SSSR count). The monoisotopic (exact) mass is 200 g/mol. The van der Waals surface area contributed by atoms with Crippen molar-refractivity contribution < 1.29 is 14.6 Å². The number of aliphatic hydroxyl groups excluding tert-OH is 1. The minimum Gasteiger partial charge on any atom is -0.463 e. The van der Waals surface area contributed by atoms with Gasteiger partial charge < -0.3 is 9.84 Å². The number of allylic oxidation sites excluding steroid dienone is 1. The molecule has 82 valence electrons. The second-order valence-corrected chi connectivity index (χ2v) is 4.00. The van der Waals surface area contributed by atoms with Crippen LogP contribution in [0.4, 0.5) is 0 Å². The maximum absolute atomic E-state index is 10.9. The van der Waals surface area contributed by atoms with Gasteiger partial charge in [-0.1, -0.05) is 19.9 Å². The highest BCUT2D eigenvalue weighted by molar-refractivity contribution is 5.81. The predicted octanol–water partition coefficient (Wildman–Crippen LogP) is 1.90. The van der Waals surface area contributed by atoms with E-state index in [9.17, 15) is 4.79 Å². The molecule has 0 saturated heterocycles. The van der Waals surface area contributed by atoms with Crippen molar-refractivity contribution in [1.82, 2.24) is 0 Å². The molecule has 1 N–H and O–H groups in total. The van der Waals surface area contributed by atoms with Gasteiger partial charge in [0.05, 0.1) is 6.61 Å². The van der Waals surface area contributed by atoms with E-state index in [4.69, 9.17) is 9.84 Å². The Bertz CT molecular complexity index is 195. The van der Waals surface area contributed by atoms with Crippen LogP contribution in [0.5, 0.6) is 0 Å². The van der Waals surface area contributed by atoms with Crippen LogP contribution in [-0.2, 0) is 9.53 Å². The van der Waals surface area contributed by atoms with Crippen molar-refractivity contribution in [2.45, 2.75) is 33.6 Å². The fourth-order valence-corrected chi connectivity index (χ4v) is 1.07. The van der Waals surface area contributed by atoms with Crippen LogP contribution in [-0.4, -0.2) is 24.3 Å². The topological polar surface area (TPSA) is 46.5 Å². The third kappa shape index (κ3) is 6.66. The summed E-state index contributed by atoms with van der Waals surface area (Å²) in [6.07, 6.45) is 4.75. The summed E-state index contributed by atoms with van der Waals surface area (Å²) in [5.74, 6) is -0.299. The van der Waals surface area contributed by atoms with Crippen molar-refractivity contribution in [2.75, 3.05) is 13.2 Å². The Morgan fingerprint density at radius 1 is 1.50 bits per heavy atom. The van der Waals surface area contributed by atoms with Gasteiger partial charge in [-0.25, -0.2) is 4.79 Å². The molecule has 0 aliphatic rings. The lowest BCUT2D eigenvalue weighted by Crippen LogP contribution is -2.12. The summed E-state index contributed by atoms with van der Waals surface area (Å²) in [4.78, 5) is 10.9. The van der Waals surface area contributed by atoms with Crippen LogP contribution in [0.3, 0.4) is 0 Å². The molecular weight excluding hydrogens is 180 g/mol. The van der Waals surface area contributed by atoms with Gasteiger partial charge >= 0.3 is 5.97 Å². The van der Waals surface area contributed by atoms with Crippen LogP contribution in [0.25, 0.3) is 0 Å². The van der Waals surface area contributed by atoms with Gasteiger partial charge in [0, 0.05) is 12.7 Å².